The van der Waals surface area contributed by atoms with Crippen LogP contribution in [0.15, 0.2) is 55.0 Å². The summed E-state index contributed by atoms with van der Waals surface area (Å²) in [4.78, 5) is 23.6. The first-order valence-electron chi connectivity index (χ1n) is 7.99. The molecule has 2 aromatic heterocycles. The van der Waals surface area contributed by atoms with E-state index in [9.17, 15) is 4.79 Å². The van der Waals surface area contributed by atoms with E-state index in [1.807, 2.05) is 36.4 Å². The number of nitrogens with zero attached hydrogens (tertiary/aromatic N) is 3. The van der Waals surface area contributed by atoms with Crippen LogP contribution in [0.5, 0.6) is 5.75 Å². The van der Waals surface area contributed by atoms with E-state index in [4.69, 9.17) is 4.74 Å². The zero-order valence-corrected chi connectivity index (χ0v) is 13.2. The van der Waals surface area contributed by atoms with Gasteiger partial charge in [-0.2, -0.15) is 0 Å². The van der Waals surface area contributed by atoms with E-state index in [0.29, 0.717) is 18.8 Å². The molecule has 122 valence electrons. The molecule has 0 unspecified atom stereocenters. The summed E-state index contributed by atoms with van der Waals surface area (Å²) in [6.07, 6.45) is 5.00. The van der Waals surface area contributed by atoms with Crippen LogP contribution >= 0.6 is 0 Å². The van der Waals surface area contributed by atoms with E-state index < -0.39 is 0 Å². The summed E-state index contributed by atoms with van der Waals surface area (Å²) in [6.45, 7) is 2.85. The Balaban J connectivity index is 1.40. The Morgan fingerprint density at radius 1 is 1.04 bits per heavy atom. The maximum atomic E-state index is 12.4. The zero-order chi connectivity index (χ0) is 16.4. The number of rotatable bonds is 2. The number of aromatic nitrogens is 2. The van der Waals surface area contributed by atoms with Gasteiger partial charge in [0.05, 0.1) is 0 Å². The van der Waals surface area contributed by atoms with Gasteiger partial charge in [0, 0.05) is 61.4 Å². The highest BCUT2D eigenvalue weighted by molar-refractivity contribution is 5.88. The van der Waals surface area contributed by atoms with Crippen LogP contribution in [-0.4, -0.2) is 47.1 Å². The fraction of sp³-hybridized carbons (Fsp3) is 0.222. The van der Waals surface area contributed by atoms with Gasteiger partial charge >= 0.3 is 6.09 Å². The van der Waals surface area contributed by atoms with Gasteiger partial charge in [-0.15, -0.1) is 0 Å². The smallest absolute Gasteiger partial charge is 0.408 e. The molecule has 4 rings (SSSR count). The van der Waals surface area contributed by atoms with Crippen molar-refractivity contribution in [3.05, 3.63) is 55.0 Å². The SMILES string of the molecule is O=C(Oc1c[nH]c2ccccc12)N1CCN(c2ccncc2)CC1. The first-order valence-corrected chi connectivity index (χ1v) is 7.99. The zero-order valence-electron chi connectivity index (χ0n) is 13.2. The van der Waals surface area contributed by atoms with E-state index in [0.717, 1.165) is 29.7 Å². The first kappa shape index (κ1) is 14.6. The minimum absolute atomic E-state index is 0.297. The molecule has 6 heteroatoms. The summed E-state index contributed by atoms with van der Waals surface area (Å²) in [6, 6.07) is 11.7. The van der Waals surface area contributed by atoms with Crippen molar-refractivity contribution in [1.29, 1.82) is 0 Å². The first-order chi connectivity index (χ1) is 11.8. The summed E-state index contributed by atoms with van der Waals surface area (Å²) in [5, 5.41) is 0.918. The lowest BCUT2D eigenvalue weighted by atomic mass is 10.2. The van der Waals surface area contributed by atoms with Crippen molar-refractivity contribution < 1.29 is 9.53 Å². The maximum absolute atomic E-state index is 12.4. The monoisotopic (exact) mass is 322 g/mol. The minimum atomic E-state index is -0.297. The van der Waals surface area contributed by atoms with Crippen molar-refractivity contribution in [3.63, 3.8) is 0 Å². The Kier molecular flexibility index (Phi) is 3.78. The Morgan fingerprint density at radius 2 is 1.79 bits per heavy atom. The van der Waals surface area contributed by atoms with Gasteiger partial charge in [-0.3, -0.25) is 4.98 Å². The number of ether oxygens (including phenoxy) is 1. The van der Waals surface area contributed by atoms with Crippen LogP contribution in [-0.2, 0) is 0 Å². The molecule has 6 nitrogen and oxygen atoms in total. The highest BCUT2D eigenvalue weighted by Crippen LogP contribution is 2.25. The summed E-state index contributed by atoms with van der Waals surface area (Å²) in [5.41, 5.74) is 2.09. The molecule has 24 heavy (non-hydrogen) atoms. The third-order valence-electron chi connectivity index (χ3n) is 4.31. The van der Waals surface area contributed by atoms with Crippen molar-refractivity contribution in [2.24, 2.45) is 0 Å². The van der Waals surface area contributed by atoms with Crippen molar-refractivity contribution in [1.82, 2.24) is 14.9 Å². The van der Waals surface area contributed by atoms with E-state index in [1.54, 1.807) is 23.5 Å². The number of carbonyl (C=O) groups excluding carboxylic acids is 1. The lowest BCUT2D eigenvalue weighted by Crippen LogP contribution is -2.49. The molecule has 3 aromatic rings. The second-order valence-electron chi connectivity index (χ2n) is 5.75. The number of hydrogen-bond acceptors (Lipinski definition) is 4. The van der Waals surface area contributed by atoms with Crippen LogP contribution in [0.3, 0.4) is 0 Å². The molecular formula is C18H18N4O2. The molecule has 1 aliphatic heterocycles. The average molecular weight is 322 g/mol. The van der Waals surface area contributed by atoms with E-state index in [-0.39, 0.29) is 6.09 Å². The molecule has 0 bridgehead atoms. The fourth-order valence-electron chi connectivity index (χ4n) is 2.99. The van der Waals surface area contributed by atoms with E-state index >= 15 is 0 Å². The number of aromatic amines is 1. The van der Waals surface area contributed by atoms with Crippen molar-refractivity contribution in [3.8, 4) is 5.75 Å². The van der Waals surface area contributed by atoms with Crippen molar-refractivity contribution >= 4 is 22.7 Å². The van der Waals surface area contributed by atoms with Gasteiger partial charge in [-0.05, 0) is 24.3 Å². The molecule has 0 atom stereocenters. The Morgan fingerprint density at radius 3 is 2.58 bits per heavy atom. The van der Waals surface area contributed by atoms with Gasteiger partial charge < -0.3 is 19.5 Å². The number of benzene rings is 1. The second kappa shape index (κ2) is 6.23. The van der Waals surface area contributed by atoms with Crippen LogP contribution in [0.2, 0.25) is 0 Å². The second-order valence-corrected chi connectivity index (χ2v) is 5.75. The summed E-state index contributed by atoms with van der Waals surface area (Å²) in [7, 11) is 0. The maximum Gasteiger partial charge on any atom is 0.415 e. The fourth-order valence-corrected chi connectivity index (χ4v) is 2.99. The molecule has 0 aliphatic carbocycles. The van der Waals surface area contributed by atoms with Crippen LogP contribution in [0, 0.1) is 0 Å². The Hall–Kier alpha value is -3.02. The molecule has 1 saturated heterocycles. The van der Waals surface area contributed by atoms with Gasteiger partial charge in [-0.1, -0.05) is 12.1 Å². The highest BCUT2D eigenvalue weighted by Gasteiger charge is 2.23. The molecule has 1 N–H and O–H groups in total. The number of para-hydroxylation sites is 1. The van der Waals surface area contributed by atoms with Gasteiger partial charge in [0.1, 0.15) is 0 Å². The third kappa shape index (κ3) is 2.78. The molecule has 0 spiro atoms. The number of piperazine rings is 1. The van der Waals surface area contributed by atoms with Crippen molar-refractivity contribution in [2.45, 2.75) is 0 Å². The molecule has 0 saturated carbocycles. The number of H-pyrrole nitrogens is 1. The van der Waals surface area contributed by atoms with E-state index in [1.165, 1.54) is 0 Å². The summed E-state index contributed by atoms with van der Waals surface area (Å²) < 4.78 is 5.58. The topological polar surface area (TPSA) is 61.5 Å². The third-order valence-corrected chi connectivity index (χ3v) is 4.31. The number of carbonyl (C=O) groups is 1. The predicted molar refractivity (Wildman–Crippen MR) is 92.3 cm³/mol. The normalized spacial score (nSPS) is 14.8. The molecule has 1 amide bonds. The Bertz CT molecular complexity index is 838. The van der Waals surface area contributed by atoms with Crippen LogP contribution in [0.4, 0.5) is 10.5 Å². The lowest BCUT2D eigenvalue weighted by Gasteiger charge is -2.35. The van der Waals surface area contributed by atoms with Crippen molar-refractivity contribution in [2.75, 3.05) is 31.1 Å². The lowest BCUT2D eigenvalue weighted by molar-refractivity contribution is 0.150. The molecule has 3 heterocycles. The molecule has 1 aromatic carbocycles. The quantitative estimate of drug-likeness (QED) is 0.788. The molecular weight excluding hydrogens is 304 g/mol. The standard InChI is InChI=1S/C18H18N4O2/c23-18(24-17-13-20-16-4-2-1-3-15(16)17)22-11-9-21(10-12-22)14-5-7-19-8-6-14/h1-8,13,20H,9-12H2. The highest BCUT2D eigenvalue weighted by atomic mass is 16.6. The number of pyridine rings is 1. The predicted octanol–water partition coefficient (Wildman–Crippen LogP) is 2.88. The number of hydrogen-bond donors (Lipinski definition) is 1. The van der Waals surface area contributed by atoms with Gasteiger partial charge in [0.15, 0.2) is 5.75 Å². The van der Waals surface area contributed by atoms with Gasteiger partial charge in [-0.25, -0.2) is 4.79 Å². The van der Waals surface area contributed by atoms with Gasteiger partial charge in [0.25, 0.3) is 0 Å². The number of amides is 1. The van der Waals surface area contributed by atoms with Crippen LogP contribution in [0.1, 0.15) is 0 Å². The molecule has 0 radical (unpaired) electrons. The largest absolute Gasteiger partial charge is 0.415 e. The van der Waals surface area contributed by atoms with Crippen LogP contribution in [0.25, 0.3) is 10.9 Å². The minimum Gasteiger partial charge on any atom is -0.408 e. The van der Waals surface area contributed by atoms with E-state index in [2.05, 4.69) is 14.9 Å². The summed E-state index contributed by atoms with van der Waals surface area (Å²) >= 11 is 0. The molecule has 1 fully saturated rings. The number of nitrogens with one attached hydrogen (secondary N) is 1. The van der Waals surface area contributed by atoms with Gasteiger partial charge in [0.2, 0.25) is 0 Å². The van der Waals surface area contributed by atoms with Crippen LogP contribution < -0.4 is 9.64 Å². The average Bonchev–Trinajstić information content (AvgIpc) is 3.06. The number of anilines is 1. The number of fused-ring (bicyclic) bond motifs is 1. The summed E-state index contributed by atoms with van der Waals surface area (Å²) in [5.74, 6) is 0.576. The molecule has 1 aliphatic rings. The Labute approximate surface area is 139 Å².